The molecule has 0 fully saturated rings. The van der Waals surface area contributed by atoms with Crippen molar-refractivity contribution in [2.45, 2.75) is 13.0 Å². The predicted molar refractivity (Wildman–Crippen MR) is 78.0 cm³/mol. The molecule has 0 saturated heterocycles. The number of rotatable bonds is 5. The van der Waals surface area contributed by atoms with Gasteiger partial charge in [-0.2, -0.15) is 0 Å². The number of carbonyl (C=O) groups excluding carboxylic acids is 1. The normalized spacial score (nSPS) is 10.1. The Kier molecular flexibility index (Phi) is 4.63. The van der Waals surface area contributed by atoms with E-state index in [1.165, 1.54) is 12.1 Å². The number of hydrogen-bond acceptors (Lipinski definition) is 4. The molecular weight excluding hydrogens is 270 g/mol. The summed E-state index contributed by atoms with van der Waals surface area (Å²) < 4.78 is 0. The van der Waals surface area contributed by atoms with Crippen LogP contribution in [-0.2, 0) is 17.8 Å². The van der Waals surface area contributed by atoms with Crippen LogP contribution < -0.4 is 5.84 Å². The Balaban J connectivity index is 1.95. The van der Waals surface area contributed by atoms with Crippen molar-refractivity contribution in [3.05, 3.63) is 75.8 Å². The molecule has 6 heteroatoms. The molecule has 2 aromatic rings. The second-order valence-corrected chi connectivity index (χ2v) is 4.61. The van der Waals surface area contributed by atoms with Gasteiger partial charge in [-0.1, -0.05) is 42.5 Å². The molecule has 0 atom stereocenters. The van der Waals surface area contributed by atoms with Crippen LogP contribution >= 0.6 is 0 Å². The molecule has 0 saturated carbocycles. The lowest BCUT2D eigenvalue weighted by molar-refractivity contribution is -0.384. The van der Waals surface area contributed by atoms with E-state index in [1.807, 2.05) is 30.3 Å². The largest absolute Gasteiger partial charge is 0.276 e. The molecule has 21 heavy (non-hydrogen) atoms. The molecule has 108 valence electrons. The predicted octanol–water partition coefficient (Wildman–Crippen LogP) is 2.04. The fourth-order valence-electron chi connectivity index (χ4n) is 1.88. The van der Waals surface area contributed by atoms with Gasteiger partial charge in [0, 0.05) is 12.1 Å². The third-order valence-electron chi connectivity index (χ3n) is 3.02. The molecule has 0 unspecified atom stereocenters. The lowest BCUT2D eigenvalue weighted by Crippen LogP contribution is -2.37. The molecule has 6 nitrogen and oxygen atoms in total. The molecule has 2 rings (SSSR count). The van der Waals surface area contributed by atoms with Gasteiger partial charge >= 0.3 is 0 Å². The van der Waals surface area contributed by atoms with Crippen LogP contribution in [-0.4, -0.2) is 15.8 Å². The van der Waals surface area contributed by atoms with Gasteiger partial charge in [0.15, 0.2) is 0 Å². The number of nitro groups is 1. The number of amides is 1. The Bertz CT molecular complexity index is 626. The van der Waals surface area contributed by atoms with Gasteiger partial charge in [0.2, 0.25) is 5.91 Å². The number of nitrogens with two attached hydrogens (primary N) is 1. The Morgan fingerprint density at radius 2 is 1.67 bits per heavy atom. The number of benzene rings is 2. The molecular formula is C15H15N3O3. The van der Waals surface area contributed by atoms with Crippen molar-refractivity contribution in [2.24, 2.45) is 5.84 Å². The van der Waals surface area contributed by atoms with Gasteiger partial charge in [-0.15, -0.1) is 0 Å². The minimum Gasteiger partial charge on any atom is -0.276 e. The van der Waals surface area contributed by atoms with Crippen LogP contribution in [0.1, 0.15) is 11.1 Å². The summed E-state index contributed by atoms with van der Waals surface area (Å²) in [5, 5.41) is 11.7. The van der Waals surface area contributed by atoms with Crippen molar-refractivity contribution in [3.8, 4) is 0 Å². The number of hydrazine groups is 1. The monoisotopic (exact) mass is 285 g/mol. The fourth-order valence-corrected chi connectivity index (χ4v) is 1.88. The van der Waals surface area contributed by atoms with E-state index < -0.39 is 4.92 Å². The second kappa shape index (κ2) is 6.62. The zero-order valence-corrected chi connectivity index (χ0v) is 11.3. The van der Waals surface area contributed by atoms with Gasteiger partial charge in [-0.3, -0.25) is 19.9 Å². The van der Waals surface area contributed by atoms with E-state index in [9.17, 15) is 14.9 Å². The number of hydrogen-bond donors (Lipinski definition) is 1. The molecule has 0 heterocycles. The molecule has 0 radical (unpaired) electrons. The van der Waals surface area contributed by atoms with Gasteiger partial charge in [0.25, 0.3) is 5.69 Å². The zero-order chi connectivity index (χ0) is 15.2. The Morgan fingerprint density at radius 1 is 1.05 bits per heavy atom. The molecule has 0 aliphatic heterocycles. The van der Waals surface area contributed by atoms with E-state index in [-0.39, 0.29) is 24.6 Å². The molecule has 0 aromatic heterocycles. The van der Waals surface area contributed by atoms with Gasteiger partial charge in [0.1, 0.15) is 0 Å². The first-order valence-electron chi connectivity index (χ1n) is 6.38. The lowest BCUT2D eigenvalue weighted by Gasteiger charge is -2.16. The van der Waals surface area contributed by atoms with E-state index in [2.05, 4.69) is 0 Å². The van der Waals surface area contributed by atoms with Crippen LogP contribution in [0.5, 0.6) is 0 Å². The van der Waals surface area contributed by atoms with Crippen molar-refractivity contribution in [1.82, 2.24) is 5.01 Å². The van der Waals surface area contributed by atoms with Crippen LogP contribution in [0, 0.1) is 10.1 Å². The first kappa shape index (κ1) is 14.7. The Hall–Kier alpha value is -2.73. The maximum atomic E-state index is 12.0. The highest BCUT2D eigenvalue weighted by molar-refractivity contribution is 5.78. The van der Waals surface area contributed by atoms with Crippen LogP contribution in [0.4, 0.5) is 5.69 Å². The zero-order valence-electron chi connectivity index (χ0n) is 11.3. The van der Waals surface area contributed by atoms with Crippen LogP contribution in [0.25, 0.3) is 0 Å². The van der Waals surface area contributed by atoms with E-state index >= 15 is 0 Å². The van der Waals surface area contributed by atoms with Crippen molar-refractivity contribution in [1.29, 1.82) is 0 Å². The van der Waals surface area contributed by atoms with Gasteiger partial charge in [-0.25, -0.2) is 5.84 Å². The number of nitrogens with zero attached hydrogens (tertiary/aromatic N) is 2. The quantitative estimate of drug-likeness (QED) is 0.394. The van der Waals surface area contributed by atoms with Gasteiger partial charge < -0.3 is 0 Å². The number of non-ortho nitro benzene ring substituents is 1. The fraction of sp³-hybridized carbons (Fsp3) is 0.133. The standard InChI is InChI=1S/C15H15N3O3/c16-17(15(19)10-12-4-2-1-3-5-12)11-13-6-8-14(9-7-13)18(20)21/h1-9H,10-11,16H2. The summed E-state index contributed by atoms with van der Waals surface area (Å²) in [4.78, 5) is 22.1. The van der Waals surface area contributed by atoms with E-state index in [1.54, 1.807) is 12.1 Å². The summed E-state index contributed by atoms with van der Waals surface area (Å²) in [6.45, 7) is 0.212. The minimum atomic E-state index is -0.468. The highest BCUT2D eigenvalue weighted by Gasteiger charge is 2.12. The van der Waals surface area contributed by atoms with Crippen molar-refractivity contribution < 1.29 is 9.72 Å². The first-order chi connectivity index (χ1) is 10.1. The third-order valence-corrected chi connectivity index (χ3v) is 3.02. The lowest BCUT2D eigenvalue weighted by atomic mass is 10.1. The molecule has 0 aliphatic rings. The van der Waals surface area contributed by atoms with Crippen molar-refractivity contribution in [2.75, 3.05) is 0 Å². The summed E-state index contributed by atoms with van der Waals surface area (Å²) in [7, 11) is 0. The van der Waals surface area contributed by atoms with Crippen LogP contribution in [0.15, 0.2) is 54.6 Å². The molecule has 0 spiro atoms. The summed E-state index contributed by atoms with van der Waals surface area (Å²) in [6.07, 6.45) is 0.227. The molecule has 2 aromatic carbocycles. The maximum Gasteiger partial charge on any atom is 0.269 e. The summed E-state index contributed by atoms with van der Waals surface area (Å²) >= 11 is 0. The molecule has 0 bridgehead atoms. The molecule has 0 aliphatic carbocycles. The van der Waals surface area contributed by atoms with Crippen molar-refractivity contribution in [3.63, 3.8) is 0 Å². The Labute approximate surface area is 121 Å². The van der Waals surface area contributed by atoms with Crippen LogP contribution in [0.2, 0.25) is 0 Å². The van der Waals surface area contributed by atoms with Gasteiger partial charge in [-0.05, 0) is 11.1 Å². The summed E-state index contributed by atoms with van der Waals surface area (Å²) in [6, 6.07) is 15.3. The highest BCUT2D eigenvalue weighted by Crippen LogP contribution is 2.13. The minimum absolute atomic E-state index is 0.0120. The SMILES string of the molecule is NN(Cc1ccc([N+](=O)[O-])cc1)C(=O)Cc1ccccc1. The Morgan fingerprint density at radius 3 is 2.24 bits per heavy atom. The summed E-state index contributed by atoms with van der Waals surface area (Å²) in [5.74, 6) is 5.54. The average molecular weight is 285 g/mol. The van der Waals surface area contributed by atoms with Crippen LogP contribution in [0.3, 0.4) is 0 Å². The van der Waals surface area contributed by atoms with E-state index in [0.29, 0.717) is 0 Å². The number of carbonyl (C=O) groups is 1. The first-order valence-corrected chi connectivity index (χ1v) is 6.38. The van der Waals surface area contributed by atoms with Crippen molar-refractivity contribution >= 4 is 11.6 Å². The average Bonchev–Trinajstić information content (AvgIpc) is 2.48. The maximum absolute atomic E-state index is 12.0. The third kappa shape index (κ3) is 4.12. The smallest absolute Gasteiger partial charge is 0.269 e. The molecule has 2 N–H and O–H groups in total. The molecule has 1 amide bonds. The summed E-state index contributed by atoms with van der Waals surface area (Å²) in [5.41, 5.74) is 1.64. The van der Waals surface area contributed by atoms with E-state index in [0.717, 1.165) is 16.1 Å². The van der Waals surface area contributed by atoms with E-state index in [4.69, 9.17) is 5.84 Å². The number of nitro benzene ring substituents is 1. The second-order valence-electron chi connectivity index (χ2n) is 4.61. The highest BCUT2D eigenvalue weighted by atomic mass is 16.6. The van der Waals surface area contributed by atoms with Gasteiger partial charge in [0.05, 0.1) is 17.9 Å². The topological polar surface area (TPSA) is 89.5 Å².